The lowest BCUT2D eigenvalue weighted by Crippen LogP contribution is -2.26. The summed E-state index contributed by atoms with van der Waals surface area (Å²) < 4.78 is 14.7. The second-order valence-corrected chi connectivity index (χ2v) is 9.48. The van der Waals surface area contributed by atoms with Crippen LogP contribution in [0.1, 0.15) is 87.1 Å². The molecule has 3 aromatic heterocycles. The van der Waals surface area contributed by atoms with E-state index in [4.69, 9.17) is 9.97 Å². The van der Waals surface area contributed by atoms with Crippen LogP contribution in [0.4, 0.5) is 4.39 Å². The van der Waals surface area contributed by atoms with Crippen molar-refractivity contribution in [1.82, 2.24) is 15.0 Å². The minimum Gasteiger partial charge on any atom is -0.260 e. The fraction of sp³-hybridized carbons (Fsp3) is 0.321. The van der Waals surface area contributed by atoms with Crippen LogP contribution in [0.3, 0.4) is 0 Å². The van der Waals surface area contributed by atoms with Gasteiger partial charge < -0.3 is 0 Å². The molecule has 0 saturated carbocycles. The Balaban J connectivity index is 2.07. The summed E-state index contributed by atoms with van der Waals surface area (Å²) in [6.45, 7) is 20.0. The topological polar surface area (TPSA) is 38.7 Å². The lowest BCUT2D eigenvalue weighted by atomic mass is 9.78. The molecule has 3 heterocycles. The third-order valence-electron chi connectivity index (χ3n) is 6.20. The molecule has 166 valence electrons. The molecule has 0 aliphatic rings. The molecule has 32 heavy (non-hydrogen) atoms. The van der Waals surface area contributed by atoms with Crippen LogP contribution in [0.5, 0.6) is 0 Å². The van der Waals surface area contributed by atoms with Gasteiger partial charge in [-0.25, -0.2) is 4.39 Å². The van der Waals surface area contributed by atoms with Crippen molar-refractivity contribution in [3.63, 3.8) is 0 Å². The molecule has 0 amide bonds. The Morgan fingerprint density at radius 1 is 0.875 bits per heavy atom. The molecule has 3 rings (SSSR count). The molecule has 0 aliphatic heterocycles. The highest BCUT2D eigenvalue weighted by Gasteiger charge is 2.32. The zero-order valence-electron chi connectivity index (χ0n) is 19.9. The molecular formula is C28H32FN3. The van der Waals surface area contributed by atoms with E-state index >= 15 is 0 Å². The van der Waals surface area contributed by atoms with Crippen molar-refractivity contribution in [2.24, 2.45) is 0 Å². The van der Waals surface area contributed by atoms with Crippen molar-refractivity contribution in [2.45, 2.75) is 58.3 Å². The van der Waals surface area contributed by atoms with Gasteiger partial charge in [0.2, 0.25) is 0 Å². The van der Waals surface area contributed by atoms with Crippen LogP contribution in [-0.2, 0) is 10.8 Å². The minimum absolute atomic E-state index is 0.0831. The van der Waals surface area contributed by atoms with Crippen LogP contribution < -0.4 is 0 Å². The molecule has 3 nitrogen and oxygen atoms in total. The fourth-order valence-corrected chi connectivity index (χ4v) is 3.90. The number of nitrogens with zero attached hydrogens (tertiary/aromatic N) is 3. The molecule has 0 atom stereocenters. The Morgan fingerprint density at radius 3 is 2.16 bits per heavy atom. The number of rotatable bonds is 7. The second-order valence-electron chi connectivity index (χ2n) is 9.48. The highest BCUT2D eigenvalue weighted by Crippen LogP contribution is 2.36. The van der Waals surface area contributed by atoms with Crippen molar-refractivity contribution < 1.29 is 4.39 Å². The Morgan fingerprint density at radius 2 is 1.56 bits per heavy atom. The maximum atomic E-state index is 14.7. The maximum absolute atomic E-state index is 14.7. The Labute approximate surface area is 191 Å². The molecule has 0 bridgehead atoms. The first-order chi connectivity index (χ1) is 15.0. The summed E-state index contributed by atoms with van der Waals surface area (Å²) in [5.41, 5.74) is 4.66. The first-order valence-electron chi connectivity index (χ1n) is 10.9. The number of aromatic nitrogens is 3. The molecule has 0 aromatic carbocycles. The van der Waals surface area contributed by atoms with Crippen LogP contribution >= 0.6 is 0 Å². The number of hydrogen-bond acceptors (Lipinski definition) is 3. The lowest BCUT2D eigenvalue weighted by Gasteiger charge is -2.29. The van der Waals surface area contributed by atoms with E-state index in [0.717, 1.165) is 28.3 Å². The molecular weight excluding hydrogens is 397 g/mol. The summed E-state index contributed by atoms with van der Waals surface area (Å²) in [6.07, 6.45) is 5.14. The smallest absolute Gasteiger partial charge is 0.130 e. The van der Waals surface area contributed by atoms with Crippen LogP contribution in [0.15, 0.2) is 55.8 Å². The van der Waals surface area contributed by atoms with Gasteiger partial charge in [0, 0.05) is 22.6 Å². The highest BCUT2D eigenvalue weighted by molar-refractivity contribution is 5.54. The molecule has 0 saturated heterocycles. The van der Waals surface area contributed by atoms with Crippen LogP contribution in [0.25, 0.3) is 12.2 Å². The quantitative estimate of drug-likeness (QED) is 0.403. The van der Waals surface area contributed by atoms with E-state index in [2.05, 4.69) is 32.0 Å². The summed E-state index contributed by atoms with van der Waals surface area (Å²) in [5, 5.41) is 0. The van der Waals surface area contributed by atoms with Crippen molar-refractivity contribution in [2.75, 3.05) is 0 Å². The Bertz CT molecular complexity index is 1160. The van der Waals surface area contributed by atoms with Crippen molar-refractivity contribution in [1.29, 1.82) is 0 Å². The van der Waals surface area contributed by atoms with E-state index in [1.54, 1.807) is 24.4 Å². The Hall–Kier alpha value is -3.14. The molecule has 4 heteroatoms. The van der Waals surface area contributed by atoms with Gasteiger partial charge in [-0.2, -0.15) is 0 Å². The lowest BCUT2D eigenvalue weighted by molar-refractivity contribution is 0.559. The van der Waals surface area contributed by atoms with Crippen LogP contribution in [0.2, 0.25) is 0 Å². The SMILES string of the molecule is C=Cc1cccc(C(C)(C)c2ccc(C(C)(C)c3cc(F)c(C(C)C)cn3)c(C=C)n2)n1. The summed E-state index contributed by atoms with van der Waals surface area (Å²) in [6, 6.07) is 11.5. The average Bonchev–Trinajstić information content (AvgIpc) is 2.78. The standard InChI is InChI=1S/C28H32FN3/c1-9-19-12-11-13-24(31-19)28(7,8)25-15-14-21(23(10-2)32-25)27(5,6)26-16-22(29)20(17-30-26)18(3)4/h9-18H,1-2H2,3-8H3. The molecule has 0 radical (unpaired) electrons. The van der Waals surface area contributed by atoms with Crippen LogP contribution in [0, 0.1) is 5.82 Å². The predicted molar refractivity (Wildman–Crippen MR) is 131 cm³/mol. The van der Waals surface area contributed by atoms with Crippen molar-refractivity contribution in [3.05, 3.63) is 101 Å². The van der Waals surface area contributed by atoms with E-state index in [-0.39, 0.29) is 11.7 Å². The molecule has 0 spiro atoms. The summed E-state index contributed by atoms with van der Waals surface area (Å²) >= 11 is 0. The van der Waals surface area contributed by atoms with Gasteiger partial charge in [-0.3, -0.25) is 15.0 Å². The zero-order chi connectivity index (χ0) is 23.7. The van der Waals surface area contributed by atoms with Gasteiger partial charge in [-0.1, -0.05) is 53.0 Å². The summed E-state index contributed by atoms with van der Waals surface area (Å²) in [5.74, 6) is -0.142. The van der Waals surface area contributed by atoms with Gasteiger partial charge in [0.05, 0.1) is 28.5 Å². The minimum atomic E-state index is -0.545. The second kappa shape index (κ2) is 8.78. The first-order valence-corrected chi connectivity index (χ1v) is 10.9. The van der Waals surface area contributed by atoms with Crippen molar-refractivity contribution >= 4 is 12.2 Å². The molecule has 0 N–H and O–H groups in total. The largest absolute Gasteiger partial charge is 0.260 e. The van der Waals surface area contributed by atoms with E-state index in [9.17, 15) is 4.39 Å². The normalized spacial score (nSPS) is 12.1. The van der Waals surface area contributed by atoms with Gasteiger partial charge in [0.25, 0.3) is 0 Å². The van der Waals surface area contributed by atoms with E-state index < -0.39 is 10.8 Å². The number of hydrogen-bond donors (Lipinski definition) is 0. The van der Waals surface area contributed by atoms with Gasteiger partial charge in [-0.05, 0) is 61.7 Å². The molecule has 3 aromatic rings. The monoisotopic (exact) mass is 429 g/mol. The third-order valence-corrected chi connectivity index (χ3v) is 6.20. The van der Waals surface area contributed by atoms with Gasteiger partial charge in [-0.15, -0.1) is 0 Å². The first kappa shape index (κ1) is 23.5. The summed E-state index contributed by atoms with van der Waals surface area (Å²) in [7, 11) is 0. The van der Waals surface area contributed by atoms with E-state index in [0.29, 0.717) is 11.3 Å². The van der Waals surface area contributed by atoms with E-state index in [1.807, 2.05) is 58.0 Å². The zero-order valence-corrected chi connectivity index (χ0v) is 19.9. The third kappa shape index (κ3) is 4.27. The number of pyridine rings is 3. The molecule has 0 unspecified atom stereocenters. The average molecular weight is 430 g/mol. The van der Waals surface area contributed by atoms with Gasteiger partial charge in [0.1, 0.15) is 5.82 Å². The molecule has 0 aliphatic carbocycles. The van der Waals surface area contributed by atoms with E-state index in [1.165, 1.54) is 0 Å². The number of halogens is 1. The summed E-state index contributed by atoms with van der Waals surface area (Å²) in [4.78, 5) is 14.3. The van der Waals surface area contributed by atoms with Gasteiger partial charge in [0.15, 0.2) is 0 Å². The fourth-order valence-electron chi connectivity index (χ4n) is 3.90. The van der Waals surface area contributed by atoms with Crippen molar-refractivity contribution in [3.8, 4) is 0 Å². The predicted octanol–water partition coefficient (Wildman–Crippen LogP) is 7.07. The van der Waals surface area contributed by atoms with Gasteiger partial charge >= 0.3 is 0 Å². The van der Waals surface area contributed by atoms with Crippen LogP contribution in [-0.4, -0.2) is 15.0 Å². The highest BCUT2D eigenvalue weighted by atomic mass is 19.1. The maximum Gasteiger partial charge on any atom is 0.130 e. The Kier molecular flexibility index (Phi) is 6.45. The molecule has 0 fully saturated rings.